The van der Waals surface area contributed by atoms with Crippen LogP contribution in [0.5, 0.6) is 5.75 Å². The summed E-state index contributed by atoms with van der Waals surface area (Å²) in [5, 5.41) is 8.05. The number of hydrogen-bond acceptors (Lipinski definition) is 3. The average Bonchev–Trinajstić information content (AvgIpc) is 2.81. The van der Waals surface area contributed by atoms with E-state index in [0.29, 0.717) is 6.61 Å². The molecule has 1 aromatic heterocycles. The minimum absolute atomic E-state index is 0.678. The van der Waals surface area contributed by atoms with Crippen LogP contribution in [-0.2, 0) is 19.5 Å². The maximum absolute atomic E-state index is 5.52. The summed E-state index contributed by atoms with van der Waals surface area (Å²) in [6.07, 6.45) is 0.931. The van der Waals surface area contributed by atoms with Crippen molar-refractivity contribution in [2.45, 2.75) is 40.3 Å². The van der Waals surface area contributed by atoms with Crippen molar-refractivity contribution >= 4 is 21.6 Å². The quantitative estimate of drug-likeness (QED) is 0.810. The zero-order valence-electron chi connectivity index (χ0n) is 12.8. The Morgan fingerprint density at radius 3 is 2.76 bits per heavy atom. The molecule has 1 aromatic carbocycles. The van der Waals surface area contributed by atoms with E-state index >= 15 is 0 Å². The fourth-order valence-corrected chi connectivity index (χ4v) is 2.94. The molecule has 0 spiro atoms. The van der Waals surface area contributed by atoms with Crippen molar-refractivity contribution in [2.75, 3.05) is 11.9 Å². The van der Waals surface area contributed by atoms with Gasteiger partial charge in [0, 0.05) is 18.3 Å². The smallest absolute Gasteiger partial charge is 0.121 e. The zero-order chi connectivity index (χ0) is 15.2. The van der Waals surface area contributed by atoms with Crippen LogP contribution in [0, 0.1) is 0 Å². The summed E-state index contributed by atoms with van der Waals surface area (Å²) in [6.45, 7) is 8.50. The Bertz CT molecular complexity index is 595. The molecule has 2 aromatic rings. The number of aromatic nitrogens is 2. The highest BCUT2D eigenvalue weighted by Gasteiger charge is 2.13. The van der Waals surface area contributed by atoms with Crippen molar-refractivity contribution < 1.29 is 4.74 Å². The molecule has 5 heteroatoms. The number of hydrogen-bond donors (Lipinski definition) is 1. The van der Waals surface area contributed by atoms with Crippen LogP contribution < -0.4 is 10.1 Å². The maximum Gasteiger partial charge on any atom is 0.121 e. The molecule has 0 radical (unpaired) electrons. The second kappa shape index (κ2) is 7.50. The van der Waals surface area contributed by atoms with Crippen molar-refractivity contribution in [3.8, 4) is 5.75 Å². The van der Waals surface area contributed by atoms with Crippen LogP contribution in [0.2, 0.25) is 0 Å². The molecule has 0 amide bonds. The Kier molecular flexibility index (Phi) is 5.67. The van der Waals surface area contributed by atoms with Gasteiger partial charge in [-0.1, -0.05) is 13.0 Å². The normalized spacial score (nSPS) is 10.7. The molecule has 1 heterocycles. The molecule has 0 saturated heterocycles. The molecule has 2 rings (SSSR count). The van der Waals surface area contributed by atoms with Crippen molar-refractivity contribution in [1.82, 2.24) is 9.78 Å². The number of ether oxygens (including phenoxy) is 1. The van der Waals surface area contributed by atoms with Gasteiger partial charge >= 0.3 is 0 Å². The van der Waals surface area contributed by atoms with Gasteiger partial charge in [0.15, 0.2) is 0 Å². The number of rotatable bonds is 7. The molecule has 0 saturated carbocycles. The molecule has 21 heavy (non-hydrogen) atoms. The standard InChI is InChI=1S/C16H22BrN3O/c1-4-14-16(17)15(20(5-2)19-14)11-18-12-8-7-9-13(10-12)21-6-3/h7-10,18H,4-6,11H2,1-3H3. The predicted octanol–water partition coefficient (Wildman–Crippen LogP) is 4.24. The summed E-state index contributed by atoms with van der Waals surface area (Å²) in [7, 11) is 0. The first-order valence-electron chi connectivity index (χ1n) is 7.40. The number of halogens is 1. The maximum atomic E-state index is 5.52. The van der Waals surface area contributed by atoms with Crippen molar-refractivity contribution in [1.29, 1.82) is 0 Å². The minimum atomic E-state index is 0.678. The van der Waals surface area contributed by atoms with Crippen molar-refractivity contribution in [2.24, 2.45) is 0 Å². The van der Waals surface area contributed by atoms with Gasteiger partial charge in [-0.15, -0.1) is 0 Å². The Morgan fingerprint density at radius 1 is 1.29 bits per heavy atom. The summed E-state index contributed by atoms with van der Waals surface area (Å²) in [6, 6.07) is 8.03. The van der Waals surface area contributed by atoms with E-state index in [0.717, 1.165) is 41.1 Å². The molecule has 0 unspecified atom stereocenters. The lowest BCUT2D eigenvalue weighted by atomic mass is 10.2. The molecule has 114 valence electrons. The molecule has 0 bridgehead atoms. The molecule has 1 N–H and O–H groups in total. The van der Waals surface area contributed by atoms with Gasteiger partial charge in [0.25, 0.3) is 0 Å². The molecular weight excluding hydrogens is 330 g/mol. The molecule has 0 atom stereocenters. The minimum Gasteiger partial charge on any atom is -0.494 e. The highest BCUT2D eigenvalue weighted by molar-refractivity contribution is 9.10. The summed E-state index contributed by atoms with van der Waals surface area (Å²) < 4.78 is 8.68. The lowest BCUT2D eigenvalue weighted by molar-refractivity contribution is 0.340. The van der Waals surface area contributed by atoms with E-state index < -0.39 is 0 Å². The van der Waals surface area contributed by atoms with Gasteiger partial charge in [0.05, 0.1) is 29.0 Å². The summed E-state index contributed by atoms with van der Waals surface area (Å²) in [4.78, 5) is 0. The Hall–Kier alpha value is -1.49. The van der Waals surface area contributed by atoms with Crippen molar-refractivity contribution in [3.05, 3.63) is 40.1 Å². The summed E-state index contributed by atoms with van der Waals surface area (Å²) >= 11 is 3.67. The third-order valence-electron chi connectivity index (χ3n) is 3.30. The van der Waals surface area contributed by atoms with Crippen LogP contribution >= 0.6 is 15.9 Å². The topological polar surface area (TPSA) is 39.1 Å². The Labute approximate surface area is 134 Å². The molecule has 0 aliphatic carbocycles. The van der Waals surface area contributed by atoms with Crippen LogP contribution in [0.3, 0.4) is 0 Å². The van der Waals surface area contributed by atoms with E-state index in [4.69, 9.17) is 4.74 Å². The van der Waals surface area contributed by atoms with Crippen molar-refractivity contribution in [3.63, 3.8) is 0 Å². The molecule has 0 fully saturated rings. The largest absolute Gasteiger partial charge is 0.494 e. The number of anilines is 1. The molecule has 4 nitrogen and oxygen atoms in total. The zero-order valence-corrected chi connectivity index (χ0v) is 14.4. The monoisotopic (exact) mass is 351 g/mol. The number of nitrogens with one attached hydrogen (secondary N) is 1. The second-order valence-corrected chi connectivity index (χ2v) is 5.48. The van der Waals surface area contributed by atoms with E-state index in [1.165, 1.54) is 5.69 Å². The fourth-order valence-electron chi connectivity index (χ4n) is 2.23. The van der Waals surface area contributed by atoms with E-state index in [9.17, 15) is 0 Å². The first-order chi connectivity index (χ1) is 10.2. The molecule has 0 aliphatic heterocycles. The first-order valence-corrected chi connectivity index (χ1v) is 8.19. The van der Waals surface area contributed by atoms with Crippen LogP contribution in [0.1, 0.15) is 32.2 Å². The highest BCUT2D eigenvalue weighted by atomic mass is 79.9. The Morgan fingerprint density at radius 2 is 2.10 bits per heavy atom. The van der Waals surface area contributed by atoms with Gasteiger partial charge in [-0.05, 0) is 48.3 Å². The van der Waals surface area contributed by atoms with Gasteiger partial charge in [0.2, 0.25) is 0 Å². The third kappa shape index (κ3) is 3.79. The van der Waals surface area contributed by atoms with Crippen LogP contribution in [0.15, 0.2) is 28.7 Å². The van der Waals surface area contributed by atoms with Gasteiger partial charge < -0.3 is 10.1 Å². The fraction of sp³-hybridized carbons (Fsp3) is 0.438. The first kappa shape index (κ1) is 15.9. The van der Waals surface area contributed by atoms with E-state index in [2.05, 4.69) is 40.2 Å². The predicted molar refractivity (Wildman–Crippen MR) is 89.9 cm³/mol. The second-order valence-electron chi connectivity index (χ2n) is 4.69. The number of benzene rings is 1. The molecular formula is C16H22BrN3O. The Balaban J connectivity index is 2.12. The van der Waals surface area contributed by atoms with E-state index in [-0.39, 0.29) is 0 Å². The SMILES string of the molecule is CCOc1cccc(NCc2c(Br)c(CC)nn2CC)c1. The number of nitrogens with zero attached hydrogens (tertiary/aromatic N) is 2. The van der Waals surface area contributed by atoms with Gasteiger partial charge in [-0.25, -0.2) is 0 Å². The highest BCUT2D eigenvalue weighted by Crippen LogP contribution is 2.24. The molecule has 0 aliphatic rings. The summed E-state index contributed by atoms with van der Waals surface area (Å²) in [5.41, 5.74) is 3.34. The van der Waals surface area contributed by atoms with E-state index in [1.54, 1.807) is 0 Å². The van der Waals surface area contributed by atoms with Gasteiger partial charge in [-0.2, -0.15) is 5.10 Å². The van der Waals surface area contributed by atoms with Gasteiger partial charge in [-0.3, -0.25) is 4.68 Å². The average molecular weight is 352 g/mol. The van der Waals surface area contributed by atoms with Crippen LogP contribution in [0.25, 0.3) is 0 Å². The lowest BCUT2D eigenvalue weighted by Gasteiger charge is -2.10. The lowest BCUT2D eigenvalue weighted by Crippen LogP contribution is -2.08. The third-order valence-corrected chi connectivity index (χ3v) is 4.21. The van der Waals surface area contributed by atoms with Gasteiger partial charge in [0.1, 0.15) is 5.75 Å². The van der Waals surface area contributed by atoms with Crippen LogP contribution in [0.4, 0.5) is 5.69 Å². The number of aryl methyl sites for hydroxylation is 2. The van der Waals surface area contributed by atoms with Crippen LogP contribution in [-0.4, -0.2) is 16.4 Å². The summed E-state index contributed by atoms with van der Waals surface area (Å²) in [5.74, 6) is 0.889. The van der Waals surface area contributed by atoms with E-state index in [1.807, 2.05) is 35.9 Å².